The van der Waals surface area contributed by atoms with Crippen LogP contribution in [0.4, 0.5) is 0 Å². The smallest absolute Gasteiger partial charge is 0.0406 e. The van der Waals surface area contributed by atoms with E-state index in [2.05, 4.69) is 56.7 Å². The normalized spacial score (nSPS) is 10.4. The van der Waals surface area contributed by atoms with Gasteiger partial charge in [-0.1, -0.05) is 23.4 Å². The molecule has 0 unspecified atom stereocenters. The van der Waals surface area contributed by atoms with Gasteiger partial charge in [-0.3, -0.25) is 0 Å². The lowest BCUT2D eigenvalue weighted by Gasteiger charge is -2.03. The second-order valence-electron chi connectivity index (χ2n) is 3.13. The van der Waals surface area contributed by atoms with Crippen LogP contribution in [0.1, 0.15) is 0 Å². The number of hydrogen-bond donors (Lipinski definition) is 0. The fourth-order valence-electron chi connectivity index (χ4n) is 1.18. The summed E-state index contributed by atoms with van der Waals surface area (Å²) >= 11 is 13.4. The number of hydrogen-bond acceptors (Lipinski definition) is 1. The molecule has 4 heteroatoms. The first-order valence-electron chi connectivity index (χ1n) is 4.53. The van der Waals surface area contributed by atoms with Crippen molar-refractivity contribution in [3.05, 3.63) is 55.5 Å². The van der Waals surface area contributed by atoms with Crippen molar-refractivity contribution in [1.82, 2.24) is 0 Å². The lowest BCUT2D eigenvalue weighted by atomic mass is 10.4. The third-order valence-corrected chi connectivity index (χ3v) is 5.53. The van der Waals surface area contributed by atoms with Gasteiger partial charge in [0.1, 0.15) is 0 Å². The number of benzene rings is 2. The summed E-state index contributed by atoms with van der Waals surface area (Å²) in [6.07, 6.45) is 0. The second-order valence-corrected chi connectivity index (χ2v) is 6.73. The average molecular weight is 426 g/mol. The van der Waals surface area contributed by atoms with Crippen LogP contribution in [-0.2, 0) is 0 Å². The molecule has 0 saturated heterocycles. The van der Waals surface area contributed by atoms with Gasteiger partial charge in [0.2, 0.25) is 0 Å². The van der Waals surface area contributed by atoms with E-state index >= 15 is 0 Å². The number of halogens is 3. The molecule has 0 aliphatic rings. The zero-order valence-electron chi connectivity index (χ0n) is 8.08. The minimum absolute atomic E-state index is 0.771. The van der Waals surface area contributed by atoms with Crippen LogP contribution in [0.25, 0.3) is 0 Å². The SMILES string of the molecule is Clc1ccc(Sc2ccc(I)c(Br)c2)cc1. The molecule has 2 aromatic carbocycles. The van der Waals surface area contributed by atoms with Crippen LogP contribution in [-0.4, -0.2) is 0 Å². The Morgan fingerprint density at radius 1 is 1.00 bits per heavy atom. The molecule has 82 valence electrons. The maximum atomic E-state index is 5.84. The summed E-state index contributed by atoms with van der Waals surface area (Å²) in [6.45, 7) is 0. The Balaban J connectivity index is 2.20. The molecule has 2 rings (SSSR count). The minimum Gasteiger partial charge on any atom is -0.0901 e. The number of rotatable bonds is 2. The van der Waals surface area contributed by atoms with E-state index < -0.39 is 0 Å². The van der Waals surface area contributed by atoms with E-state index in [9.17, 15) is 0 Å². The summed E-state index contributed by atoms with van der Waals surface area (Å²) in [4.78, 5) is 2.41. The van der Waals surface area contributed by atoms with Crippen molar-refractivity contribution in [3.8, 4) is 0 Å². The zero-order valence-corrected chi connectivity index (χ0v) is 13.4. The molecule has 0 fully saturated rings. The molecule has 0 amide bonds. The Kier molecular flexibility index (Phi) is 4.58. The van der Waals surface area contributed by atoms with Crippen LogP contribution in [0.15, 0.2) is 56.7 Å². The highest BCUT2D eigenvalue weighted by Gasteiger charge is 2.01. The molecule has 0 atom stereocenters. The van der Waals surface area contributed by atoms with Gasteiger partial charge in [-0.15, -0.1) is 0 Å². The summed E-state index contributed by atoms with van der Waals surface area (Å²) in [7, 11) is 0. The molecule has 0 aromatic heterocycles. The molecule has 0 aliphatic heterocycles. The van der Waals surface area contributed by atoms with Crippen molar-refractivity contribution >= 4 is 61.9 Å². The van der Waals surface area contributed by atoms with E-state index in [0.717, 1.165) is 9.50 Å². The topological polar surface area (TPSA) is 0 Å². The lowest BCUT2D eigenvalue weighted by molar-refractivity contribution is 1.38. The fourth-order valence-corrected chi connectivity index (χ4v) is 3.03. The Labute approximate surface area is 126 Å². The fraction of sp³-hybridized carbons (Fsp3) is 0. The van der Waals surface area contributed by atoms with E-state index in [1.54, 1.807) is 11.8 Å². The third kappa shape index (κ3) is 3.39. The molecule has 2 aromatic rings. The Hall–Kier alpha value is 0.290. The summed E-state index contributed by atoms with van der Waals surface area (Å²) in [6, 6.07) is 14.2. The predicted molar refractivity (Wildman–Crippen MR) is 82.4 cm³/mol. The summed E-state index contributed by atoms with van der Waals surface area (Å²) < 4.78 is 2.35. The second kappa shape index (κ2) is 5.76. The molecule has 16 heavy (non-hydrogen) atoms. The van der Waals surface area contributed by atoms with Gasteiger partial charge in [0.15, 0.2) is 0 Å². The van der Waals surface area contributed by atoms with Crippen molar-refractivity contribution < 1.29 is 0 Å². The summed E-state index contributed by atoms with van der Waals surface area (Å²) in [5.41, 5.74) is 0. The first-order chi connectivity index (χ1) is 7.65. The molecular formula is C12H7BrClIS. The molecular weight excluding hydrogens is 418 g/mol. The highest BCUT2D eigenvalue weighted by atomic mass is 127. The first kappa shape index (κ1) is 12.7. The molecule has 0 radical (unpaired) electrons. The van der Waals surface area contributed by atoms with Gasteiger partial charge >= 0.3 is 0 Å². The van der Waals surface area contributed by atoms with Crippen molar-refractivity contribution in [1.29, 1.82) is 0 Å². The van der Waals surface area contributed by atoms with E-state index in [1.807, 2.05) is 24.3 Å². The van der Waals surface area contributed by atoms with Gasteiger partial charge in [0, 0.05) is 22.9 Å². The summed E-state index contributed by atoms with van der Waals surface area (Å²) in [5.74, 6) is 0. The van der Waals surface area contributed by atoms with Gasteiger partial charge < -0.3 is 0 Å². The summed E-state index contributed by atoms with van der Waals surface area (Å²) in [5, 5.41) is 0.771. The molecule has 0 bridgehead atoms. The van der Waals surface area contributed by atoms with Gasteiger partial charge in [-0.2, -0.15) is 0 Å². The van der Waals surface area contributed by atoms with Gasteiger partial charge in [-0.25, -0.2) is 0 Å². The Morgan fingerprint density at radius 3 is 2.25 bits per heavy atom. The lowest BCUT2D eigenvalue weighted by Crippen LogP contribution is -1.77. The molecule has 0 nitrogen and oxygen atoms in total. The third-order valence-electron chi connectivity index (χ3n) is 1.94. The maximum absolute atomic E-state index is 5.84. The van der Waals surface area contributed by atoms with Gasteiger partial charge in [-0.05, 0) is 81.0 Å². The highest BCUT2D eigenvalue weighted by Crippen LogP contribution is 2.31. The van der Waals surface area contributed by atoms with Crippen molar-refractivity contribution in [2.45, 2.75) is 9.79 Å². The van der Waals surface area contributed by atoms with Crippen LogP contribution >= 0.6 is 61.9 Å². The van der Waals surface area contributed by atoms with Crippen LogP contribution < -0.4 is 0 Å². The van der Waals surface area contributed by atoms with Crippen LogP contribution in [0.2, 0.25) is 5.02 Å². The molecule has 0 spiro atoms. The van der Waals surface area contributed by atoms with E-state index in [1.165, 1.54) is 13.4 Å². The van der Waals surface area contributed by atoms with E-state index in [4.69, 9.17) is 11.6 Å². The van der Waals surface area contributed by atoms with Crippen LogP contribution in [0, 0.1) is 3.57 Å². The van der Waals surface area contributed by atoms with Crippen molar-refractivity contribution in [2.75, 3.05) is 0 Å². The van der Waals surface area contributed by atoms with Gasteiger partial charge in [0.05, 0.1) is 0 Å². The monoisotopic (exact) mass is 424 g/mol. The minimum atomic E-state index is 0.771. The van der Waals surface area contributed by atoms with E-state index in [-0.39, 0.29) is 0 Å². The van der Waals surface area contributed by atoms with Crippen molar-refractivity contribution in [3.63, 3.8) is 0 Å². The molecule has 0 N–H and O–H groups in total. The molecule has 0 heterocycles. The zero-order chi connectivity index (χ0) is 11.5. The molecule has 0 aliphatic carbocycles. The Morgan fingerprint density at radius 2 is 1.62 bits per heavy atom. The van der Waals surface area contributed by atoms with Crippen LogP contribution in [0.3, 0.4) is 0 Å². The van der Waals surface area contributed by atoms with Gasteiger partial charge in [0.25, 0.3) is 0 Å². The highest BCUT2D eigenvalue weighted by molar-refractivity contribution is 14.1. The maximum Gasteiger partial charge on any atom is 0.0406 e. The standard InChI is InChI=1S/C12H7BrClIS/c13-11-7-10(5-6-12(11)15)16-9-3-1-8(14)2-4-9/h1-7H. The first-order valence-corrected chi connectivity index (χ1v) is 7.60. The van der Waals surface area contributed by atoms with Crippen LogP contribution in [0.5, 0.6) is 0 Å². The van der Waals surface area contributed by atoms with Crippen molar-refractivity contribution in [2.24, 2.45) is 0 Å². The Bertz CT molecular complexity index is 499. The quantitative estimate of drug-likeness (QED) is 0.543. The predicted octanol–water partition coefficient (Wildman–Crippen LogP) is 5.86. The largest absolute Gasteiger partial charge is 0.0901 e. The average Bonchev–Trinajstić information content (AvgIpc) is 2.27. The molecule has 0 saturated carbocycles. The van der Waals surface area contributed by atoms with E-state index in [0.29, 0.717) is 0 Å².